The number of benzene rings is 1. The standard InChI is InChI=1S/C16H27FN2O/c1-12(2)20-10-9-19(4)11-13(3)16(18)14-7-5-6-8-15(14)17/h5-8,12-13,16H,9-11,18H2,1-4H3. The summed E-state index contributed by atoms with van der Waals surface area (Å²) >= 11 is 0. The summed E-state index contributed by atoms with van der Waals surface area (Å²) in [7, 11) is 2.04. The van der Waals surface area contributed by atoms with Crippen LogP contribution in [-0.2, 0) is 4.74 Å². The van der Waals surface area contributed by atoms with Crippen molar-refractivity contribution in [3.63, 3.8) is 0 Å². The van der Waals surface area contributed by atoms with E-state index in [-0.39, 0.29) is 23.9 Å². The lowest BCUT2D eigenvalue weighted by Crippen LogP contribution is -2.33. The predicted octanol–water partition coefficient (Wildman–Crippen LogP) is 2.82. The van der Waals surface area contributed by atoms with Gasteiger partial charge in [-0.2, -0.15) is 0 Å². The molecule has 0 aliphatic heterocycles. The van der Waals surface area contributed by atoms with E-state index in [0.717, 1.165) is 13.1 Å². The predicted molar refractivity (Wildman–Crippen MR) is 81.1 cm³/mol. The Hall–Kier alpha value is -0.970. The topological polar surface area (TPSA) is 38.5 Å². The van der Waals surface area contributed by atoms with E-state index < -0.39 is 0 Å². The third kappa shape index (κ3) is 5.57. The van der Waals surface area contributed by atoms with Crippen molar-refractivity contribution >= 4 is 0 Å². The van der Waals surface area contributed by atoms with Crippen molar-refractivity contribution in [3.05, 3.63) is 35.6 Å². The molecule has 4 heteroatoms. The zero-order chi connectivity index (χ0) is 15.1. The Morgan fingerprint density at radius 3 is 2.50 bits per heavy atom. The van der Waals surface area contributed by atoms with Gasteiger partial charge in [-0.1, -0.05) is 25.1 Å². The highest BCUT2D eigenvalue weighted by molar-refractivity contribution is 5.21. The van der Waals surface area contributed by atoms with Crippen LogP contribution in [0.5, 0.6) is 0 Å². The van der Waals surface area contributed by atoms with Crippen LogP contribution in [0.25, 0.3) is 0 Å². The fourth-order valence-corrected chi connectivity index (χ4v) is 2.19. The smallest absolute Gasteiger partial charge is 0.127 e. The number of likely N-dealkylation sites (N-methyl/N-ethyl adjacent to an activating group) is 1. The quantitative estimate of drug-likeness (QED) is 0.797. The number of hydrogen-bond acceptors (Lipinski definition) is 3. The number of rotatable bonds is 8. The van der Waals surface area contributed by atoms with Crippen LogP contribution in [0, 0.1) is 11.7 Å². The van der Waals surface area contributed by atoms with E-state index in [4.69, 9.17) is 10.5 Å². The van der Waals surface area contributed by atoms with Gasteiger partial charge in [-0.25, -0.2) is 4.39 Å². The molecule has 1 aromatic carbocycles. The van der Waals surface area contributed by atoms with Crippen molar-refractivity contribution in [2.45, 2.75) is 32.9 Å². The molecular weight excluding hydrogens is 255 g/mol. The van der Waals surface area contributed by atoms with Crippen LogP contribution >= 0.6 is 0 Å². The summed E-state index contributed by atoms with van der Waals surface area (Å²) in [4.78, 5) is 2.17. The highest BCUT2D eigenvalue weighted by atomic mass is 19.1. The van der Waals surface area contributed by atoms with Crippen LogP contribution in [0.15, 0.2) is 24.3 Å². The first kappa shape index (κ1) is 17.1. The monoisotopic (exact) mass is 282 g/mol. The first-order valence-corrected chi connectivity index (χ1v) is 7.22. The van der Waals surface area contributed by atoms with E-state index in [1.807, 2.05) is 27.0 Å². The van der Waals surface area contributed by atoms with Gasteiger partial charge in [-0.05, 0) is 32.9 Å². The first-order valence-electron chi connectivity index (χ1n) is 7.22. The van der Waals surface area contributed by atoms with Gasteiger partial charge in [0.1, 0.15) is 5.82 Å². The maximum atomic E-state index is 13.7. The fraction of sp³-hybridized carbons (Fsp3) is 0.625. The van der Waals surface area contributed by atoms with Gasteiger partial charge in [0.05, 0.1) is 12.7 Å². The molecule has 0 spiro atoms. The maximum absolute atomic E-state index is 13.7. The average Bonchev–Trinajstić information content (AvgIpc) is 2.38. The summed E-state index contributed by atoms with van der Waals surface area (Å²) in [6.45, 7) is 8.48. The Balaban J connectivity index is 2.45. The number of halogens is 1. The molecule has 0 heterocycles. The van der Waals surface area contributed by atoms with Gasteiger partial charge in [-0.3, -0.25) is 0 Å². The molecule has 3 nitrogen and oxygen atoms in total. The second-order valence-electron chi connectivity index (χ2n) is 5.71. The molecule has 0 saturated carbocycles. The molecule has 0 aliphatic rings. The molecule has 0 aromatic heterocycles. The van der Waals surface area contributed by atoms with Gasteiger partial charge < -0.3 is 15.4 Å². The van der Waals surface area contributed by atoms with Crippen LogP contribution in [0.2, 0.25) is 0 Å². The summed E-state index contributed by atoms with van der Waals surface area (Å²) < 4.78 is 19.2. The lowest BCUT2D eigenvalue weighted by atomic mass is 9.94. The molecule has 0 saturated heterocycles. The number of hydrogen-bond donors (Lipinski definition) is 1. The average molecular weight is 282 g/mol. The SMILES string of the molecule is CC(C)OCCN(C)CC(C)C(N)c1ccccc1F. The molecule has 0 fully saturated rings. The summed E-state index contributed by atoms with van der Waals surface area (Å²) in [5.74, 6) is -0.0476. The molecule has 1 aromatic rings. The fourth-order valence-electron chi connectivity index (χ4n) is 2.19. The lowest BCUT2D eigenvalue weighted by molar-refractivity contribution is 0.0609. The van der Waals surface area contributed by atoms with Crippen molar-refractivity contribution in [3.8, 4) is 0 Å². The first-order chi connectivity index (χ1) is 9.41. The minimum atomic E-state index is -0.287. The molecule has 2 N–H and O–H groups in total. The summed E-state index contributed by atoms with van der Waals surface area (Å²) in [6.07, 6.45) is 0.251. The Morgan fingerprint density at radius 1 is 1.25 bits per heavy atom. The van der Waals surface area contributed by atoms with Gasteiger partial charge in [0.25, 0.3) is 0 Å². The molecule has 20 heavy (non-hydrogen) atoms. The Bertz CT molecular complexity index is 398. The van der Waals surface area contributed by atoms with Gasteiger partial charge >= 0.3 is 0 Å². The van der Waals surface area contributed by atoms with Crippen LogP contribution in [0.4, 0.5) is 4.39 Å². The van der Waals surface area contributed by atoms with Gasteiger partial charge in [0.15, 0.2) is 0 Å². The number of nitrogens with zero attached hydrogens (tertiary/aromatic N) is 1. The largest absolute Gasteiger partial charge is 0.377 e. The third-order valence-corrected chi connectivity index (χ3v) is 3.40. The molecule has 0 aliphatic carbocycles. The van der Waals surface area contributed by atoms with Crippen molar-refractivity contribution < 1.29 is 9.13 Å². The molecule has 0 radical (unpaired) electrons. The molecule has 0 amide bonds. The second kappa shape index (κ2) is 8.35. The van der Waals surface area contributed by atoms with Gasteiger partial charge in [0, 0.05) is 24.7 Å². The highest BCUT2D eigenvalue weighted by Crippen LogP contribution is 2.22. The van der Waals surface area contributed by atoms with E-state index in [0.29, 0.717) is 12.2 Å². The van der Waals surface area contributed by atoms with Crippen molar-refractivity contribution in [1.82, 2.24) is 4.90 Å². The van der Waals surface area contributed by atoms with Crippen LogP contribution in [0.3, 0.4) is 0 Å². The lowest BCUT2D eigenvalue weighted by Gasteiger charge is -2.26. The summed E-state index contributed by atoms with van der Waals surface area (Å²) in [5, 5.41) is 0. The van der Waals surface area contributed by atoms with Gasteiger partial charge in [0.2, 0.25) is 0 Å². The highest BCUT2D eigenvalue weighted by Gasteiger charge is 2.19. The minimum Gasteiger partial charge on any atom is -0.377 e. The zero-order valence-electron chi connectivity index (χ0n) is 13.0. The van der Waals surface area contributed by atoms with E-state index >= 15 is 0 Å². The van der Waals surface area contributed by atoms with Crippen LogP contribution in [0.1, 0.15) is 32.4 Å². The summed E-state index contributed by atoms with van der Waals surface area (Å²) in [6, 6.07) is 6.45. The molecule has 0 bridgehead atoms. The minimum absolute atomic E-state index is 0.177. The number of nitrogens with two attached hydrogens (primary N) is 1. The Labute approximate surface area is 121 Å². The molecule has 2 unspecified atom stereocenters. The summed E-state index contributed by atoms with van der Waals surface area (Å²) in [5.41, 5.74) is 6.76. The molecule has 2 atom stereocenters. The normalized spacial score (nSPS) is 14.8. The van der Waals surface area contributed by atoms with E-state index in [2.05, 4.69) is 11.8 Å². The molecule has 114 valence electrons. The van der Waals surface area contributed by atoms with E-state index in [9.17, 15) is 4.39 Å². The van der Waals surface area contributed by atoms with E-state index in [1.165, 1.54) is 6.07 Å². The third-order valence-electron chi connectivity index (χ3n) is 3.40. The van der Waals surface area contributed by atoms with Crippen molar-refractivity contribution in [2.75, 3.05) is 26.7 Å². The van der Waals surface area contributed by atoms with Crippen LogP contribution in [-0.4, -0.2) is 37.7 Å². The van der Waals surface area contributed by atoms with E-state index in [1.54, 1.807) is 12.1 Å². The zero-order valence-corrected chi connectivity index (χ0v) is 13.0. The second-order valence-corrected chi connectivity index (χ2v) is 5.71. The molecule has 1 rings (SSSR count). The van der Waals surface area contributed by atoms with Crippen molar-refractivity contribution in [1.29, 1.82) is 0 Å². The van der Waals surface area contributed by atoms with Crippen LogP contribution < -0.4 is 5.73 Å². The maximum Gasteiger partial charge on any atom is 0.127 e. The number of ether oxygens (including phenoxy) is 1. The molecular formula is C16H27FN2O. The van der Waals surface area contributed by atoms with Gasteiger partial charge in [-0.15, -0.1) is 0 Å². The van der Waals surface area contributed by atoms with Crippen molar-refractivity contribution in [2.24, 2.45) is 11.7 Å². The Morgan fingerprint density at radius 2 is 1.90 bits per heavy atom. The Kier molecular flexibility index (Phi) is 7.13.